The molecule has 0 saturated carbocycles. The predicted octanol–water partition coefficient (Wildman–Crippen LogP) is 1.50. The van der Waals surface area contributed by atoms with Gasteiger partial charge in [0.1, 0.15) is 6.61 Å². The maximum absolute atomic E-state index is 11.3. The Morgan fingerprint density at radius 2 is 2.16 bits per heavy atom. The molecule has 0 aliphatic rings. The van der Waals surface area contributed by atoms with E-state index in [1.807, 2.05) is 31.2 Å². The molecule has 1 rings (SSSR count). The number of amides is 1. The van der Waals surface area contributed by atoms with Gasteiger partial charge < -0.3 is 10.1 Å². The van der Waals surface area contributed by atoms with Crippen LogP contribution in [-0.2, 0) is 21.5 Å². The first-order chi connectivity index (χ1) is 8.87. The minimum Gasteiger partial charge on any atom is -0.445 e. The first-order valence-corrected chi connectivity index (χ1v) is 7.39. The van der Waals surface area contributed by atoms with Gasteiger partial charge in [-0.3, -0.25) is 4.55 Å². The van der Waals surface area contributed by atoms with Crippen molar-refractivity contribution in [1.29, 1.82) is 0 Å². The molecule has 0 radical (unpaired) electrons. The summed E-state index contributed by atoms with van der Waals surface area (Å²) in [6.07, 6.45) is -0.477. The molecule has 2 N–H and O–H groups in total. The van der Waals surface area contributed by atoms with E-state index in [0.29, 0.717) is 0 Å². The highest BCUT2D eigenvalue weighted by atomic mass is 32.2. The SMILES string of the molecule is Cc1cccc(COC(=O)NCCCS(=O)(=O)O)c1. The highest BCUT2D eigenvalue weighted by molar-refractivity contribution is 7.85. The third kappa shape index (κ3) is 7.43. The highest BCUT2D eigenvalue weighted by Gasteiger charge is 2.06. The average molecular weight is 287 g/mol. The molecule has 0 bridgehead atoms. The molecule has 7 heteroatoms. The van der Waals surface area contributed by atoms with E-state index in [4.69, 9.17) is 9.29 Å². The average Bonchev–Trinajstić information content (AvgIpc) is 2.31. The molecule has 0 aliphatic heterocycles. The fourth-order valence-electron chi connectivity index (χ4n) is 1.45. The molecule has 106 valence electrons. The van der Waals surface area contributed by atoms with E-state index in [9.17, 15) is 13.2 Å². The topological polar surface area (TPSA) is 92.7 Å². The van der Waals surface area contributed by atoms with Gasteiger partial charge in [0, 0.05) is 6.54 Å². The van der Waals surface area contributed by atoms with Crippen molar-refractivity contribution < 1.29 is 22.5 Å². The highest BCUT2D eigenvalue weighted by Crippen LogP contribution is 2.05. The number of benzene rings is 1. The van der Waals surface area contributed by atoms with Crippen molar-refractivity contribution in [1.82, 2.24) is 5.32 Å². The molecular formula is C12H17NO5S. The Kier molecular flexibility index (Phi) is 5.78. The standard InChI is InChI=1S/C12H17NO5S/c1-10-4-2-5-11(8-10)9-18-12(14)13-6-3-7-19(15,16)17/h2,4-5,8H,3,6-7,9H2,1H3,(H,13,14)(H,15,16,17). The Hall–Kier alpha value is -1.60. The molecule has 0 aliphatic carbocycles. The van der Waals surface area contributed by atoms with E-state index in [-0.39, 0.29) is 25.3 Å². The van der Waals surface area contributed by atoms with Crippen molar-refractivity contribution in [2.45, 2.75) is 20.0 Å². The number of ether oxygens (including phenoxy) is 1. The summed E-state index contributed by atoms with van der Waals surface area (Å²) in [5.74, 6) is -0.384. The lowest BCUT2D eigenvalue weighted by atomic mass is 10.1. The Morgan fingerprint density at radius 1 is 1.42 bits per heavy atom. The fraction of sp³-hybridized carbons (Fsp3) is 0.417. The number of nitrogens with one attached hydrogen (secondary N) is 1. The molecule has 0 unspecified atom stereocenters. The van der Waals surface area contributed by atoms with Crippen LogP contribution in [0.2, 0.25) is 0 Å². The van der Waals surface area contributed by atoms with Crippen LogP contribution in [-0.4, -0.2) is 31.4 Å². The van der Waals surface area contributed by atoms with E-state index in [0.717, 1.165) is 11.1 Å². The molecule has 0 fully saturated rings. The van der Waals surface area contributed by atoms with E-state index >= 15 is 0 Å². The maximum Gasteiger partial charge on any atom is 0.407 e. The van der Waals surface area contributed by atoms with Gasteiger partial charge in [-0.25, -0.2) is 4.79 Å². The zero-order valence-electron chi connectivity index (χ0n) is 10.6. The summed E-state index contributed by atoms with van der Waals surface area (Å²) in [6.45, 7) is 2.23. The van der Waals surface area contributed by atoms with Gasteiger partial charge in [-0.05, 0) is 18.9 Å². The molecule has 0 spiro atoms. The summed E-state index contributed by atoms with van der Waals surface area (Å²) in [6, 6.07) is 7.57. The van der Waals surface area contributed by atoms with Crippen molar-refractivity contribution in [2.24, 2.45) is 0 Å². The van der Waals surface area contributed by atoms with Gasteiger partial charge in [-0.15, -0.1) is 0 Å². The van der Waals surface area contributed by atoms with Crippen molar-refractivity contribution in [3.05, 3.63) is 35.4 Å². The lowest BCUT2D eigenvalue weighted by Gasteiger charge is -2.07. The van der Waals surface area contributed by atoms with Crippen LogP contribution in [0.5, 0.6) is 0 Å². The van der Waals surface area contributed by atoms with Gasteiger partial charge in [0.2, 0.25) is 0 Å². The zero-order chi connectivity index (χ0) is 14.3. The number of rotatable bonds is 6. The summed E-state index contributed by atoms with van der Waals surface area (Å²) in [5.41, 5.74) is 1.96. The van der Waals surface area contributed by atoms with Gasteiger partial charge in [-0.2, -0.15) is 8.42 Å². The van der Waals surface area contributed by atoms with Crippen molar-refractivity contribution in [3.8, 4) is 0 Å². The predicted molar refractivity (Wildman–Crippen MR) is 70.4 cm³/mol. The van der Waals surface area contributed by atoms with Crippen LogP contribution in [0.15, 0.2) is 24.3 Å². The van der Waals surface area contributed by atoms with Gasteiger partial charge >= 0.3 is 6.09 Å². The van der Waals surface area contributed by atoms with E-state index in [1.165, 1.54) is 0 Å². The molecule has 0 heterocycles. The Morgan fingerprint density at radius 3 is 2.79 bits per heavy atom. The van der Waals surface area contributed by atoms with Crippen LogP contribution in [0.25, 0.3) is 0 Å². The van der Waals surface area contributed by atoms with E-state index in [2.05, 4.69) is 5.32 Å². The summed E-state index contributed by atoms with van der Waals surface area (Å²) in [7, 11) is -3.97. The number of alkyl carbamates (subject to hydrolysis) is 1. The van der Waals surface area contributed by atoms with Crippen molar-refractivity contribution >= 4 is 16.2 Å². The summed E-state index contributed by atoms with van der Waals surface area (Å²) in [4.78, 5) is 11.3. The first kappa shape index (κ1) is 15.5. The molecule has 0 saturated heterocycles. The molecule has 0 aromatic heterocycles. The van der Waals surface area contributed by atoms with Gasteiger partial charge in [0.15, 0.2) is 0 Å². The van der Waals surface area contributed by atoms with Crippen molar-refractivity contribution in [2.75, 3.05) is 12.3 Å². The Bertz CT molecular complexity index is 527. The quantitative estimate of drug-likeness (QED) is 0.611. The second kappa shape index (κ2) is 7.10. The lowest BCUT2D eigenvalue weighted by Crippen LogP contribution is -2.26. The third-order valence-corrected chi connectivity index (χ3v) is 3.11. The summed E-state index contributed by atoms with van der Waals surface area (Å²) >= 11 is 0. The zero-order valence-corrected chi connectivity index (χ0v) is 11.4. The fourth-order valence-corrected chi connectivity index (χ4v) is 1.96. The van der Waals surface area contributed by atoms with Crippen LogP contribution in [0, 0.1) is 6.92 Å². The summed E-state index contributed by atoms with van der Waals surface area (Å²) in [5, 5.41) is 2.40. The van der Waals surface area contributed by atoms with Gasteiger partial charge in [0.25, 0.3) is 10.1 Å². The monoisotopic (exact) mass is 287 g/mol. The number of carbonyl (C=O) groups excluding carboxylic acids is 1. The number of carbonyl (C=O) groups is 1. The van der Waals surface area contributed by atoms with Crippen LogP contribution in [0.1, 0.15) is 17.5 Å². The Balaban J connectivity index is 2.21. The molecule has 6 nitrogen and oxygen atoms in total. The largest absolute Gasteiger partial charge is 0.445 e. The summed E-state index contributed by atoms with van der Waals surface area (Å²) < 4.78 is 34.3. The van der Waals surface area contributed by atoms with E-state index in [1.54, 1.807) is 0 Å². The number of hydrogen-bond donors (Lipinski definition) is 2. The molecular weight excluding hydrogens is 270 g/mol. The minimum atomic E-state index is -3.97. The van der Waals surface area contributed by atoms with E-state index < -0.39 is 16.2 Å². The maximum atomic E-state index is 11.3. The van der Waals surface area contributed by atoms with Crippen LogP contribution >= 0.6 is 0 Å². The normalized spacial score (nSPS) is 11.1. The minimum absolute atomic E-state index is 0.131. The second-order valence-corrected chi connectivity index (χ2v) is 5.70. The smallest absolute Gasteiger partial charge is 0.407 e. The molecule has 1 amide bonds. The van der Waals surface area contributed by atoms with Crippen molar-refractivity contribution in [3.63, 3.8) is 0 Å². The molecule has 1 aromatic rings. The molecule has 1 aromatic carbocycles. The lowest BCUT2D eigenvalue weighted by molar-refractivity contribution is 0.139. The molecule has 0 atom stereocenters. The third-order valence-electron chi connectivity index (χ3n) is 2.30. The first-order valence-electron chi connectivity index (χ1n) is 5.78. The Labute approximate surface area is 112 Å². The van der Waals surface area contributed by atoms with Crippen LogP contribution < -0.4 is 5.32 Å². The van der Waals surface area contributed by atoms with Gasteiger partial charge in [-0.1, -0.05) is 29.8 Å². The van der Waals surface area contributed by atoms with Gasteiger partial charge in [0.05, 0.1) is 5.75 Å². The number of hydrogen-bond acceptors (Lipinski definition) is 4. The second-order valence-electron chi connectivity index (χ2n) is 4.13. The number of aryl methyl sites for hydroxylation is 1. The molecule has 19 heavy (non-hydrogen) atoms. The van der Waals surface area contributed by atoms with Crippen LogP contribution in [0.4, 0.5) is 4.79 Å². The van der Waals surface area contributed by atoms with Crippen LogP contribution in [0.3, 0.4) is 0 Å².